The molecule has 1 aliphatic heterocycles. The van der Waals surface area contributed by atoms with E-state index in [1.807, 2.05) is 0 Å². The number of hydrogen-bond acceptors (Lipinski definition) is 10. The van der Waals surface area contributed by atoms with Crippen molar-refractivity contribution in [1.82, 2.24) is 5.32 Å². The predicted molar refractivity (Wildman–Crippen MR) is 312 cm³/mol. The van der Waals surface area contributed by atoms with Crippen molar-refractivity contribution in [2.75, 3.05) is 13.2 Å². The molecule has 1 saturated heterocycles. The molecule has 9 unspecified atom stereocenters. The van der Waals surface area contributed by atoms with Crippen LogP contribution >= 0.6 is 0 Å². The van der Waals surface area contributed by atoms with Gasteiger partial charge in [0, 0.05) is 0 Å². The fourth-order valence-corrected chi connectivity index (χ4v) is 10.5. The first-order valence-electron chi connectivity index (χ1n) is 32.2. The molecule has 0 radical (unpaired) electrons. The number of hydrogen-bond donors (Lipinski definition) is 8. The maximum Gasteiger partial charge on any atom is 0.249 e. The summed E-state index contributed by atoms with van der Waals surface area (Å²) < 4.78 is 11.2. The van der Waals surface area contributed by atoms with E-state index in [0.29, 0.717) is 12.8 Å². The average molecular weight is 1070 g/mol. The normalized spacial score (nSPS) is 19.8. The van der Waals surface area contributed by atoms with E-state index < -0.39 is 74.2 Å². The molecular formula is C64H123NO10. The molecule has 0 aromatic carbocycles. The SMILES string of the molecule is CCCCCCCCCCCCCC/C=C\CCCCCCCCCCC(O)C(=O)NC(COC1OC(CO)C(O)C(O)C1O)C(O)C(O)CCC/C=C/CCCCCCCCCCCCCCCCCCCCC. The molecule has 444 valence electrons. The standard InChI is InChI=1S/C64H123NO10/c1-3-5-7-9-11-13-15-17-19-21-23-25-27-29-31-33-35-37-39-41-43-45-47-49-51-56(67)59(69)55(54-74-64-62(72)61(71)60(70)58(53-66)75-64)65-63(73)57(68)52-50-48-46-44-42-40-38-36-34-32-30-28-26-24-22-20-18-16-14-12-10-8-6-4-2/h30,32,43,45,55-62,64,66-72H,3-29,31,33-42,44,46-54H2,1-2H3,(H,65,73)/b32-30-,45-43+. The molecule has 1 rings (SSSR count). The number of nitrogens with one attached hydrogen (secondary N) is 1. The van der Waals surface area contributed by atoms with Crippen LogP contribution in [0.4, 0.5) is 0 Å². The Kier molecular flexibility index (Phi) is 50.8. The van der Waals surface area contributed by atoms with Gasteiger partial charge in [0.1, 0.15) is 36.6 Å². The molecule has 1 amide bonds. The van der Waals surface area contributed by atoms with Crippen molar-refractivity contribution < 1.29 is 50.0 Å². The highest BCUT2D eigenvalue weighted by molar-refractivity contribution is 5.80. The van der Waals surface area contributed by atoms with Crippen molar-refractivity contribution in [3.8, 4) is 0 Å². The van der Waals surface area contributed by atoms with Gasteiger partial charge < -0.3 is 50.5 Å². The van der Waals surface area contributed by atoms with E-state index in [-0.39, 0.29) is 12.8 Å². The largest absolute Gasteiger partial charge is 0.394 e. The minimum atomic E-state index is -1.67. The first kappa shape index (κ1) is 71.6. The maximum absolute atomic E-state index is 13.2. The van der Waals surface area contributed by atoms with Crippen LogP contribution in [-0.4, -0.2) is 110 Å². The molecule has 11 nitrogen and oxygen atoms in total. The van der Waals surface area contributed by atoms with Gasteiger partial charge in [0.15, 0.2) is 6.29 Å². The van der Waals surface area contributed by atoms with E-state index in [0.717, 1.165) is 44.9 Å². The minimum Gasteiger partial charge on any atom is -0.394 e. The van der Waals surface area contributed by atoms with E-state index >= 15 is 0 Å². The molecule has 1 heterocycles. The summed E-state index contributed by atoms with van der Waals surface area (Å²) in [4.78, 5) is 13.2. The summed E-state index contributed by atoms with van der Waals surface area (Å²) in [6, 6.07) is -1.19. The summed E-state index contributed by atoms with van der Waals surface area (Å²) in [5.41, 5.74) is 0. The highest BCUT2D eigenvalue weighted by atomic mass is 16.7. The van der Waals surface area contributed by atoms with E-state index in [4.69, 9.17) is 9.47 Å². The number of aliphatic hydroxyl groups excluding tert-OH is 7. The Morgan fingerprint density at radius 3 is 1.15 bits per heavy atom. The summed E-state index contributed by atoms with van der Waals surface area (Å²) in [5, 5.41) is 76.3. The molecule has 1 fully saturated rings. The first-order valence-corrected chi connectivity index (χ1v) is 32.2. The summed E-state index contributed by atoms with van der Waals surface area (Å²) in [6.45, 7) is 3.49. The van der Waals surface area contributed by atoms with Gasteiger partial charge in [0.25, 0.3) is 0 Å². The molecule has 9 atom stereocenters. The molecule has 0 aromatic heterocycles. The Labute approximate surface area is 461 Å². The molecule has 75 heavy (non-hydrogen) atoms. The van der Waals surface area contributed by atoms with Crippen molar-refractivity contribution >= 4 is 5.91 Å². The Bertz CT molecular complexity index is 1270. The molecule has 8 N–H and O–H groups in total. The van der Waals surface area contributed by atoms with Crippen LogP contribution in [-0.2, 0) is 14.3 Å². The lowest BCUT2D eigenvalue weighted by molar-refractivity contribution is -0.303. The van der Waals surface area contributed by atoms with Crippen LogP contribution in [0.15, 0.2) is 24.3 Å². The van der Waals surface area contributed by atoms with Crippen LogP contribution in [0, 0.1) is 0 Å². The van der Waals surface area contributed by atoms with Gasteiger partial charge in [-0.05, 0) is 64.2 Å². The highest BCUT2D eigenvalue weighted by Gasteiger charge is 2.44. The Hall–Kier alpha value is -1.41. The topological polar surface area (TPSA) is 189 Å². The number of carbonyl (C=O) groups is 1. The zero-order valence-electron chi connectivity index (χ0n) is 48.8. The van der Waals surface area contributed by atoms with Crippen molar-refractivity contribution in [3.63, 3.8) is 0 Å². The molecular weight excluding hydrogens is 943 g/mol. The molecule has 0 spiro atoms. The first-order chi connectivity index (χ1) is 36.7. The van der Waals surface area contributed by atoms with Crippen LogP contribution in [0.1, 0.15) is 309 Å². The average Bonchev–Trinajstić information content (AvgIpc) is 3.41. The quantitative estimate of drug-likeness (QED) is 0.0215. The predicted octanol–water partition coefficient (Wildman–Crippen LogP) is 14.5. The maximum atomic E-state index is 13.2. The van der Waals surface area contributed by atoms with Crippen LogP contribution in [0.25, 0.3) is 0 Å². The van der Waals surface area contributed by atoms with Crippen LogP contribution in [0.2, 0.25) is 0 Å². The fourth-order valence-electron chi connectivity index (χ4n) is 10.5. The van der Waals surface area contributed by atoms with Gasteiger partial charge in [-0.3, -0.25) is 4.79 Å². The number of aliphatic hydroxyl groups is 7. The molecule has 0 bridgehead atoms. The van der Waals surface area contributed by atoms with Crippen molar-refractivity contribution in [2.45, 2.75) is 364 Å². The van der Waals surface area contributed by atoms with Crippen LogP contribution < -0.4 is 5.32 Å². The lowest BCUT2D eigenvalue weighted by Crippen LogP contribution is -2.60. The van der Waals surface area contributed by atoms with E-state index in [2.05, 4.69) is 43.5 Å². The zero-order valence-corrected chi connectivity index (χ0v) is 48.8. The summed E-state index contributed by atoms with van der Waals surface area (Å²) >= 11 is 0. The van der Waals surface area contributed by atoms with Crippen molar-refractivity contribution in [2.24, 2.45) is 0 Å². The Morgan fingerprint density at radius 2 is 0.787 bits per heavy atom. The fraction of sp³-hybridized carbons (Fsp3) is 0.922. The van der Waals surface area contributed by atoms with Gasteiger partial charge in [0.2, 0.25) is 5.91 Å². The van der Waals surface area contributed by atoms with Crippen molar-refractivity contribution in [3.05, 3.63) is 24.3 Å². The number of carbonyl (C=O) groups excluding carboxylic acids is 1. The zero-order chi connectivity index (χ0) is 54.7. The number of amides is 1. The third-order valence-electron chi connectivity index (χ3n) is 15.7. The van der Waals surface area contributed by atoms with Crippen LogP contribution in [0.3, 0.4) is 0 Å². The van der Waals surface area contributed by atoms with Gasteiger partial charge in [-0.1, -0.05) is 269 Å². The van der Waals surface area contributed by atoms with E-state index in [9.17, 15) is 40.5 Å². The number of ether oxygens (including phenoxy) is 2. The molecule has 1 aliphatic rings. The smallest absolute Gasteiger partial charge is 0.249 e. The summed E-state index contributed by atoms with van der Waals surface area (Å²) in [7, 11) is 0. The summed E-state index contributed by atoms with van der Waals surface area (Å²) in [6.07, 6.45) is 53.9. The number of rotatable bonds is 56. The molecule has 0 aromatic rings. The second kappa shape index (κ2) is 53.2. The van der Waals surface area contributed by atoms with Gasteiger partial charge >= 0.3 is 0 Å². The lowest BCUT2D eigenvalue weighted by atomic mass is 9.98. The second-order valence-electron chi connectivity index (χ2n) is 22.8. The molecule has 0 saturated carbocycles. The van der Waals surface area contributed by atoms with Crippen molar-refractivity contribution in [1.29, 1.82) is 0 Å². The van der Waals surface area contributed by atoms with Gasteiger partial charge in [-0.2, -0.15) is 0 Å². The van der Waals surface area contributed by atoms with Gasteiger partial charge in [-0.25, -0.2) is 0 Å². The molecule has 11 heteroatoms. The lowest BCUT2D eigenvalue weighted by Gasteiger charge is -2.40. The van der Waals surface area contributed by atoms with Gasteiger partial charge in [0.05, 0.1) is 25.4 Å². The third-order valence-corrected chi connectivity index (χ3v) is 15.7. The summed E-state index contributed by atoms with van der Waals surface area (Å²) in [5.74, 6) is -0.704. The second-order valence-corrected chi connectivity index (χ2v) is 22.8. The Morgan fingerprint density at radius 1 is 0.453 bits per heavy atom. The van der Waals surface area contributed by atoms with E-state index in [1.165, 1.54) is 225 Å². The highest BCUT2D eigenvalue weighted by Crippen LogP contribution is 2.24. The number of unbranched alkanes of at least 4 members (excludes halogenated alkanes) is 40. The Balaban J connectivity index is 2.27. The van der Waals surface area contributed by atoms with Crippen LogP contribution in [0.5, 0.6) is 0 Å². The minimum absolute atomic E-state index is 0.252. The molecule has 0 aliphatic carbocycles. The van der Waals surface area contributed by atoms with E-state index in [1.54, 1.807) is 0 Å². The van der Waals surface area contributed by atoms with Gasteiger partial charge in [-0.15, -0.1) is 0 Å². The monoisotopic (exact) mass is 1070 g/mol. The number of allylic oxidation sites excluding steroid dienone is 4. The third kappa shape index (κ3) is 41.3.